The Morgan fingerprint density at radius 3 is 2.45 bits per heavy atom. The number of thioether (sulfide) groups is 1. The number of carbonyl (C=O) groups excluding carboxylic acids is 2. The molecule has 0 saturated heterocycles. The molecule has 0 unspecified atom stereocenters. The van der Waals surface area contributed by atoms with Crippen molar-refractivity contribution in [1.29, 1.82) is 0 Å². The van der Waals surface area contributed by atoms with Crippen LogP contribution in [0.25, 0.3) is 5.69 Å². The maximum Gasteiger partial charge on any atom is 0.216 e. The number of nitrogens with zero attached hydrogens (tertiary/aromatic N) is 3. The van der Waals surface area contributed by atoms with E-state index >= 15 is 0 Å². The van der Waals surface area contributed by atoms with Gasteiger partial charge < -0.3 is 5.32 Å². The molecule has 0 bridgehead atoms. The van der Waals surface area contributed by atoms with Crippen LogP contribution in [0.4, 0.5) is 0 Å². The van der Waals surface area contributed by atoms with Crippen LogP contribution in [-0.2, 0) is 11.2 Å². The zero-order chi connectivity index (χ0) is 22.4. The van der Waals surface area contributed by atoms with Gasteiger partial charge in [-0.25, -0.2) is 0 Å². The van der Waals surface area contributed by atoms with Gasteiger partial charge in [0, 0.05) is 30.5 Å². The van der Waals surface area contributed by atoms with Gasteiger partial charge in [0.15, 0.2) is 10.9 Å². The monoisotopic (exact) mass is 496 g/mol. The Kier molecular flexibility index (Phi) is 8.37. The van der Waals surface area contributed by atoms with Gasteiger partial charge in [0.1, 0.15) is 5.82 Å². The summed E-state index contributed by atoms with van der Waals surface area (Å²) in [5.74, 6) is 0.762. The molecule has 0 radical (unpaired) electrons. The number of amides is 1. The molecule has 0 spiro atoms. The number of carbonyl (C=O) groups is 2. The number of halogens is 3. The third kappa shape index (κ3) is 6.46. The van der Waals surface area contributed by atoms with Crippen molar-refractivity contribution >= 4 is 58.3 Å². The van der Waals surface area contributed by atoms with Crippen molar-refractivity contribution in [3.05, 3.63) is 68.9 Å². The summed E-state index contributed by atoms with van der Waals surface area (Å²) in [5.41, 5.74) is 1.32. The van der Waals surface area contributed by atoms with Gasteiger partial charge in [0.05, 0.1) is 21.5 Å². The average molecular weight is 498 g/mol. The molecule has 3 rings (SSSR count). The maximum absolute atomic E-state index is 12.6. The average Bonchev–Trinajstić information content (AvgIpc) is 3.14. The van der Waals surface area contributed by atoms with Gasteiger partial charge in [-0.2, -0.15) is 0 Å². The highest BCUT2D eigenvalue weighted by Gasteiger charge is 2.17. The van der Waals surface area contributed by atoms with Crippen LogP contribution < -0.4 is 5.32 Å². The molecule has 0 aliphatic heterocycles. The van der Waals surface area contributed by atoms with Crippen LogP contribution in [0.15, 0.2) is 47.6 Å². The lowest BCUT2D eigenvalue weighted by Crippen LogP contribution is -2.21. The molecule has 1 amide bonds. The predicted molar refractivity (Wildman–Crippen MR) is 125 cm³/mol. The van der Waals surface area contributed by atoms with Gasteiger partial charge in [-0.15, -0.1) is 10.2 Å². The number of Topliss-reactive ketones (excluding diaryl/α,β-unsaturated/α-hetero) is 1. The van der Waals surface area contributed by atoms with E-state index < -0.39 is 0 Å². The normalized spacial score (nSPS) is 10.8. The van der Waals surface area contributed by atoms with Crippen LogP contribution in [-0.4, -0.2) is 38.8 Å². The van der Waals surface area contributed by atoms with Gasteiger partial charge in [-0.3, -0.25) is 14.2 Å². The number of aryl methyl sites for hydroxylation is 1. The third-order valence-electron chi connectivity index (χ3n) is 4.31. The standard InChI is InChI=1S/C21H19Cl3N4O2S/c1-13(29)25-10-2-3-20-26-27-21(28(20)16-8-9-17(23)18(24)11-16)31-12-19(30)14-4-6-15(22)7-5-14/h4-9,11H,2-3,10,12H2,1H3,(H,25,29). The van der Waals surface area contributed by atoms with Crippen molar-refractivity contribution in [2.24, 2.45) is 0 Å². The van der Waals surface area contributed by atoms with Crippen LogP contribution in [0.2, 0.25) is 15.1 Å². The first kappa shape index (κ1) is 23.6. The highest BCUT2D eigenvalue weighted by molar-refractivity contribution is 7.99. The van der Waals surface area contributed by atoms with E-state index in [9.17, 15) is 9.59 Å². The molecule has 0 aliphatic carbocycles. The summed E-state index contributed by atoms with van der Waals surface area (Å²) in [7, 11) is 0. The first-order valence-corrected chi connectivity index (χ1v) is 11.5. The molecule has 2 aromatic carbocycles. The van der Waals surface area contributed by atoms with Crippen molar-refractivity contribution in [2.75, 3.05) is 12.3 Å². The first-order valence-electron chi connectivity index (χ1n) is 9.41. The Bertz CT molecular complexity index is 1090. The van der Waals surface area contributed by atoms with Crippen molar-refractivity contribution in [1.82, 2.24) is 20.1 Å². The molecule has 10 heteroatoms. The molecule has 162 valence electrons. The van der Waals surface area contributed by atoms with Crippen LogP contribution >= 0.6 is 46.6 Å². The Labute approximate surface area is 199 Å². The Morgan fingerprint density at radius 2 is 1.77 bits per heavy atom. The second kappa shape index (κ2) is 11.0. The summed E-state index contributed by atoms with van der Waals surface area (Å²) in [6.07, 6.45) is 1.27. The second-order valence-electron chi connectivity index (χ2n) is 6.64. The van der Waals surface area contributed by atoms with Crippen molar-refractivity contribution in [3.8, 4) is 5.69 Å². The van der Waals surface area contributed by atoms with E-state index in [4.69, 9.17) is 34.8 Å². The Morgan fingerprint density at radius 1 is 1.03 bits per heavy atom. The topological polar surface area (TPSA) is 76.9 Å². The predicted octanol–water partition coefficient (Wildman–Crippen LogP) is 5.27. The second-order valence-corrected chi connectivity index (χ2v) is 8.83. The number of hydrogen-bond acceptors (Lipinski definition) is 5. The molecular formula is C21H19Cl3N4O2S. The molecule has 0 fully saturated rings. The van der Waals surface area contributed by atoms with Gasteiger partial charge in [-0.05, 0) is 48.9 Å². The fraction of sp³-hybridized carbons (Fsp3) is 0.238. The van der Waals surface area contributed by atoms with Gasteiger partial charge >= 0.3 is 0 Å². The molecule has 3 aromatic rings. The minimum Gasteiger partial charge on any atom is -0.356 e. The lowest BCUT2D eigenvalue weighted by molar-refractivity contribution is -0.118. The zero-order valence-electron chi connectivity index (χ0n) is 16.6. The molecule has 0 aliphatic rings. The summed E-state index contributed by atoms with van der Waals surface area (Å²) < 4.78 is 1.86. The fourth-order valence-corrected chi connectivity index (χ4v) is 4.08. The number of benzene rings is 2. The summed E-state index contributed by atoms with van der Waals surface area (Å²) in [6.45, 7) is 2.01. The molecule has 1 aromatic heterocycles. The Hall–Kier alpha value is -2.06. The number of aromatic nitrogens is 3. The van der Waals surface area contributed by atoms with Crippen LogP contribution in [0, 0.1) is 0 Å². The summed E-state index contributed by atoms with van der Waals surface area (Å²) in [5, 5.41) is 13.3. The largest absolute Gasteiger partial charge is 0.356 e. The van der Waals surface area contributed by atoms with E-state index in [0.717, 1.165) is 5.69 Å². The molecule has 31 heavy (non-hydrogen) atoms. The number of ketones is 1. The maximum atomic E-state index is 12.6. The third-order valence-corrected chi connectivity index (χ3v) is 6.23. The summed E-state index contributed by atoms with van der Waals surface area (Å²) in [6, 6.07) is 12.0. The zero-order valence-corrected chi connectivity index (χ0v) is 19.7. The smallest absolute Gasteiger partial charge is 0.216 e. The summed E-state index contributed by atoms with van der Waals surface area (Å²) >= 11 is 19.5. The van der Waals surface area contributed by atoms with E-state index in [2.05, 4.69) is 15.5 Å². The molecule has 6 nitrogen and oxygen atoms in total. The van der Waals surface area contributed by atoms with Gasteiger partial charge in [0.2, 0.25) is 5.91 Å². The molecule has 0 saturated carbocycles. The van der Waals surface area contributed by atoms with Gasteiger partial charge in [0.25, 0.3) is 0 Å². The Balaban J connectivity index is 1.81. The highest BCUT2D eigenvalue weighted by Crippen LogP contribution is 2.29. The lowest BCUT2D eigenvalue weighted by atomic mass is 10.1. The molecule has 1 heterocycles. The molecular weight excluding hydrogens is 479 g/mol. The van der Waals surface area contributed by atoms with Crippen molar-refractivity contribution < 1.29 is 9.59 Å². The number of nitrogens with one attached hydrogen (secondary N) is 1. The summed E-state index contributed by atoms with van der Waals surface area (Å²) in [4.78, 5) is 23.6. The molecule has 0 atom stereocenters. The molecule has 1 N–H and O–H groups in total. The van der Waals surface area contributed by atoms with E-state index in [-0.39, 0.29) is 17.4 Å². The first-order chi connectivity index (χ1) is 14.8. The quantitative estimate of drug-likeness (QED) is 0.247. The number of rotatable bonds is 9. The van der Waals surface area contributed by atoms with Crippen molar-refractivity contribution in [2.45, 2.75) is 24.9 Å². The minimum atomic E-state index is -0.0806. The van der Waals surface area contributed by atoms with Crippen molar-refractivity contribution in [3.63, 3.8) is 0 Å². The van der Waals surface area contributed by atoms with Gasteiger partial charge in [-0.1, -0.05) is 46.6 Å². The fourth-order valence-electron chi connectivity index (χ4n) is 2.80. The SMILES string of the molecule is CC(=O)NCCCc1nnc(SCC(=O)c2ccc(Cl)cc2)n1-c1ccc(Cl)c(Cl)c1. The number of hydrogen-bond donors (Lipinski definition) is 1. The van der Waals surface area contributed by atoms with Crippen LogP contribution in [0.1, 0.15) is 29.5 Å². The van der Waals surface area contributed by atoms with E-state index in [1.54, 1.807) is 36.4 Å². The lowest BCUT2D eigenvalue weighted by Gasteiger charge is -2.11. The van der Waals surface area contributed by atoms with Crippen LogP contribution in [0.3, 0.4) is 0 Å². The van der Waals surface area contributed by atoms with E-state index in [0.29, 0.717) is 51.0 Å². The van der Waals surface area contributed by atoms with E-state index in [1.807, 2.05) is 10.6 Å². The van der Waals surface area contributed by atoms with E-state index in [1.165, 1.54) is 18.7 Å². The minimum absolute atomic E-state index is 0.0439. The highest BCUT2D eigenvalue weighted by atomic mass is 35.5. The van der Waals surface area contributed by atoms with Crippen LogP contribution in [0.5, 0.6) is 0 Å².